The van der Waals surface area contributed by atoms with E-state index in [4.69, 9.17) is 0 Å². The van der Waals surface area contributed by atoms with Gasteiger partial charge in [-0.1, -0.05) is 36.4 Å². The molecular weight excluding hydrogens is 234 g/mol. The van der Waals surface area contributed by atoms with Gasteiger partial charge < -0.3 is 0 Å². The van der Waals surface area contributed by atoms with E-state index in [2.05, 4.69) is 39.4 Å². The largest absolute Gasteiger partial charge is 0.277 e. The molecule has 4 rings (SSSR count). The van der Waals surface area contributed by atoms with Gasteiger partial charge in [0.1, 0.15) is 0 Å². The lowest BCUT2D eigenvalue weighted by molar-refractivity contribution is 1.06. The Morgan fingerprint density at radius 3 is 2.68 bits per heavy atom. The quantitative estimate of drug-likeness (QED) is 0.554. The van der Waals surface area contributed by atoms with E-state index in [9.17, 15) is 0 Å². The van der Waals surface area contributed by atoms with E-state index in [0.717, 1.165) is 27.5 Å². The van der Waals surface area contributed by atoms with Gasteiger partial charge >= 0.3 is 0 Å². The summed E-state index contributed by atoms with van der Waals surface area (Å²) in [6, 6.07) is 16.4. The van der Waals surface area contributed by atoms with Gasteiger partial charge in [0.05, 0.1) is 17.4 Å². The highest BCUT2D eigenvalue weighted by Gasteiger charge is 2.09. The summed E-state index contributed by atoms with van der Waals surface area (Å²) in [4.78, 5) is 4.37. The van der Waals surface area contributed by atoms with Gasteiger partial charge in [0, 0.05) is 27.9 Å². The lowest BCUT2D eigenvalue weighted by Gasteiger charge is -2.07. The Morgan fingerprint density at radius 2 is 1.79 bits per heavy atom. The van der Waals surface area contributed by atoms with Crippen molar-refractivity contribution in [2.24, 2.45) is 0 Å². The summed E-state index contributed by atoms with van der Waals surface area (Å²) in [5, 5.41) is 10.8. The van der Waals surface area contributed by atoms with Gasteiger partial charge in [0.25, 0.3) is 0 Å². The minimum absolute atomic E-state index is 1.02. The Kier molecular flexibility index (Phi) is 2.12. The van der Waals surface area contributed by atoms with Crippen molar-refractivity contribution in [3.05, 3.63) is 60.9 Å². The van der Waals surface area contributed by atoms with Gasteiger partial charge in [-0.2, -0.15) is 5.10 Å². The molecule has 2 heterocycles. The second-order valence-corrected chi connectivity index (χ2v) is 4.52. The maximum Gasteiger partial charge on any atom is 0.0719 e. The van der Waals surface area contributed by atoms with Gasteiger partial charge in [-0.25, -0.2) is 0 Å². The van der Waals surface area contributed by atoms with Crippen LogP contribution in [0, 0.1) is 0 Å². The maximum atomic E-state index is 4.37. The molecule has 0 atom stereocenters. The minimum Gasteiger partial charge on any atom is -0.277 e. The molecule has 90 valence electrons. The number of hydrogen-bond donors (Lipinski definition) is 1. The van der Waals surface area contributed by atoms with Crippen molar-refractivity contribution in [2.75, 3.05) is 0 Å². The van der Waals surface area contributed by atoms with E-state index >= 15 is 0 Å². The van der Waals surface area contributed by atoms with E-state index < -0.39 is 0 Å². The fourth-order valence-electron chi connectivity index (χ4n) is 2.52. The van der Waals surface area contributed by atoms with Crippen LogP contribution in [0.1, 0.15) is 0 Å². The highest BCUT2D eigenvalue weighted by Crippen LogP contribution is 2.31. The molecule has 0 aliphatic carbocycles. The molecule has 0 aliphatic heterocycles. The van der Waals surface area contributed by atoms with Crippen molar-refractivity contribution in [3.8, 4) is 11.3 Å². The average Bonchev–Trinajstić information content (AvgIpc) is 2.96. The van der Waals surface area contributed by atoms with E-state index in [1.54, 1.807) is 0 Å². The third-order valence-electron chi connectivity index (χ3n) is 3.40. The zero-order valence-corrected chi connectivity index (χ0v) is 10.2. The SMILES string of the molecule is c1ccc(-c2[nH]ncc3ccc4nccc4c23)cc1. The molecule has 0 bridgehead atoms. The summed E-state index contributed by atoms with van der Waals surface area (Å²) in [5.41, 5.74) is 3.19. The average molecular weight is 245 g/mol. The summed E-state index contributed by atoms with van der Waals surface area (Å²) in [6.07, 6.45) is 3.70. The molecule has 4 aromatic rings. The van der Waals surface area contributed by atoms with Crippen molar-refractivity contribution in [1.29, 1.82) is 0 Å². The predicted octanol–water partition coefficient (Wildman–Crippen LogP) is 3.78. The number of aromatic nitrogens is 3. The summed E-state index contributed by atoms with van der Waals surface area (Å²) in [5.74, 6) is 0. The smallest absolute Gasteiger partial charge is 0.0719 e. The summed E-state index contributed by atoms with van der Waals surface area (Å²) in [7, 11) is 0. The number of fused-ring (bicyclic) bond motifs is 3. The molecule has 0 unspecified atom stereocenters. The fraction of sp³-hybridized carbons (Fsp3) is 0. The first-order valence-corrected chi connectivity index (χ1v) is 6.20. The van der Waals surface area contributed by atoms with Crippen LogP contribution < -0.4 is 0 Å². The number of nitrogens with one attached hydrogen (secondary N) is 1. The maximum absolute atomic E-state index is 4.37. The van der Waals surface area contributed by atoms with Gasteiger partial charge in [-0.3, -0.25) is 10.1 Å². The van der Waals surface area contributed by atoms with Gasteiger partial charge in [-0.05, 0) is 12.1 Å². The predicted molar refractivity (Wildman–Crippen MR) is 76.8 cm³/mol. The fourth-order valence-corrected chi connectivity index (χ4v) is 2.52. The van der Waals surface area contributed by atoms with Crippen LogP contribution in [0.2, 0.25) is 0 Å². The van der Waals surface area contributed by atoms with Crippen LogP contribution in [0.25, 0.3) is 32.9 Å². The molecule has 0 saturated heterocycles. The molecule has 0 aliphatic rings. The number of aromatic amines is 1. The number of nitrogens with zero attached hydrogens (tertiary/aromatic N) is 2. The monoisotopic (exact) mass is 245 g/mol. The van der Waals surface area contributed by atoms with E-state index in [1.807, 2.05) is 36.7 Å². The van der Waals surface area contributed by atoms with Crippen molar-refractivity contribution in [3.63, 3.8) is 0 Å². The van der Waals surface area contributed by atoms with Crippen LogP contribution >= 0.6 is 0 Å². The topological polar surface area (TPSA) is 41.6 Å². The molecule has 3 heteroatoms. The molecule has 0 spiro atoms. The van der Waals surface area contributed by atoms with E-state index in [0.29, 0.717) is 0 Å². The first-order valence-electron chi connectivity index (χ1n) is 6.20. The molecule has 19 heavy (non-hydrogen) atoms. The van der Waals surface area contributed by atoms with Gasteiger partial charge in [-0.15, -0.1) is 0 Å². The molecule has 0 saturated carbocycles. The van der Waals surface area contributed by atoms with Crippen molar-refractivity contribution in [1.82, 2.24) is 15.2 Å². The third-order valence-corrected chi connectivity index (χ3v) is 3.40. The number of benzene rings is 2. The minimum atomic E-state index is 1.02. The third kappa shape index (κ3) is 1.52. The van der Waals surface area contributed by atoms with Crippen LogP contribution in [0.3, 0.4) is 0 Å². The van der Waals surface area contributed by atoms with E-state index in [-0.39, 0.29) is 0 Å². The van der Waals surface area contributed by atoms with Gasteiger partial charge in [0.15, 0.2) is 0 Å². The van der Waals surface area contributed by atoms with Crippen LogP contribution in [-0.2, 0) is 0 Å². The molecule has 0 radical (unpaired) electrons. The van der Waals surface area contributed by atoms with Gasteiger partial charge in [0.2, 0.25) is 0 Å². The number of H-pyrrole nitrogens is 1. The highest BCUT2D eigenvalue weighted by molar-refractivity contribution is 6.12. The molecule has 1 N–H and O–H groups in total. The molecule has 2 aromatic heterocycles. The van der Waals surface area contributed by atoms with Crippen molar-refractivity contribution >= 4 is 21.7 Å². The molecule has 2 aromatic carbocycles. The first kappa shape index (κ1) is 10.3. The van der Waals surface area contributed by atoms with E-state index in [1.165, 1.54) is 5.39 Å². The zero-order chi connectivity index (χ0) is 12.7. The Morgan fingerprint density at radius 1 is 0.895 bits per heavy atom. The molecule has 0 fully saturated rings. The summed E-state index contributed by atoms with van der Waals surface area (Å²) >= 11 is 0. The summed E-state index contributed by atoms with van der Waals surface area (Å²) < 4.78 is 0. The Balaban J connectivity index is 2.18. The Labute approximate surface area is 109 Å². The standard InChI is InChI=1S/C16H11N3/c1-2-4-11(5-3-1)16-15-12(10-18-19-16)6-7-14-13(15)8-9-17-14/h1-10,19H. The zero-order valence-electron chi connectivity index (χ0n) is 10.2. The van der Waals surface area contributed by atoms with Crippen LogP contribution in [-0.4, -0.2) is 15.2 Å². The normalized spacial score (nSPS) is 11.2. The molecular formula is C16H11N3. The first-order chi connectivity index (χ1) is 9.43. The van der Waals surface area contributed by atoms with Crippen LogP contribution in [0.4, 0.5) is 0 Å². The Hall–Kier alpha value is -2.68. The number of hydrogen-bond acceptors (Lipinski definition) is 2. The van der Waals surface area contributed by atoms with Crippen molar-refractivity contribution < 1.29 is 0 Å². The number of rotatable bonds is 1. The van der Waals surface area contributed by atoms with Crippen LogP contribution in [0.15, 0.2) is 60.9 Å². The molecule has 3 nitrogen and oxygen atoms in total. The second-order valence-electron chi connectivity index (χ2n) is 4.52. The van der Waals surface area contributed by atoms with Crippen LogP contribution in [0.5, 0.6) is 0 Å². The highest BCUT2D eigenvalue weighted by atomic mass is 15.1. The Bertz CT molecular complexity index is 863. The lowest BCUT2D eigenvalue weighted by atomic mass is 10.0. The van der Waals surface area contributed by atoms with Crippen molar-refractivity contribution in [2.45, 2.75) is 0 Å². The lowest BCUT2D eigenvalue weighted by Crippen LogP contribution is -1.90. The molecule has 0 amide bonds. The summed E-state index contributed by atoms with van der Waals surface area (Å²) in [6.45, 7) is 0. The second kappa shape index (κ2) is 3.92.